The minimum absolute atomic E-state index is 0.0734. The topological polar surface area (TPSA) is 66.4 Å². The molecule has 2 N–H and O–H groups in total. The molecule has 0 radical (unpaired) electrons. The molecular formula is C14H20ClNO3S. The van der Waals surface area contributed by atoms with Crippen molar-refractivity contribution in [2.45, 2.75) is 50.2 Å². The first-order chi connectivity index (χ1) is 9.44. The molecular weight excluding hydrogens is 298 g/mol. The normalized spacial score (nSPS) is 18.4. The standard InChI is InChI=1S/C14H20ClNO3S/c1-10(11-4-2-3-5-11)16-20(18,19)13-6-7-14(15)12(8-13)9-17/h6-8,10-11,16-17H,2-5,9H2,1H3. The van der Waals surface area contributed by atoms with E-state index in [4.69, 9.17) is 16.7 Å². The van der Waals surface area contributed by atoms with E-state index in [1.54, 1.807) is 0 Å². The minimum Gasteiger partial charge on any atom is -0.392 e. The van der Waals surface area contributed by atoms with Crippen molar-refractivity contribution >= 4 is 21.6 Å². The summed E-state index contributed by atoms with van der Waals surface area (Å²) in [5.74, 6) is 0.411. The van der Waals surface area contributed by atoms with E-state index < -0.39 is 10.0 Å². The average Bonchev–Trinajstić information content (AvgIpc) is 2.92. The number of hydrogen-bond donors (Lipinski definition) is 2. The van der Waals surface area contributed by atoms with Gasteiger partial charge in [0, 0.05) is 11.1 Å². The molecule has 1 aliphatic carbocycles. The van der Waals surface area contributed by atoms with Gasteiger partial charge in [0.05, 0.1) is 11.5 Å². The van der Waals surface area contributed by atoms with Gasteiger partial charge in [0.25, 0.3) is 0 Å². The summed E-state index contributed by atoms with van der Waals surface area (Å²) < 4.78 is 27.4. The summed E-state index contributed by atoms with van der Waals surface area (Å²) in [6.07, 6.45) is 4.50. The van der Waals surface area contributed by atoms with Crippen LogP contribution in [0.3, 0.4) is 0 Å². The quantitative estimate of drug-likeness (QED) is 0.877. The highest BCUT2D eigenvalue weighted by molar-refractivity contribution is 7.89. The first-order valence-electron chi connectivity index (χ1n) is 6.85. The van der Waals surface area contributed by atoms with E-state index in [2.05, 4.69) is 4.72 Å². The van der Waals surface area contributed by atoms with E-state index in [-0.39, 0.29) is 17.5 Å². The van der Waals surface area contributed by atoms with Crippen LogP contribution in [0.1, 0.15) is 38.2 Å². The van der Waals surface area contributed by atoms with Gasteiger partial charge in [-0.1, -0.05) is 24.4 Å². The van der Waals surface area contributed by atoms with Gasteiger partial charge in [0.15, 0.2) is 0 Å². The Morgan fingerprint density at radius 1 is 1.40 bits per heavy atom. The lowest BCUT2D eigenvalue weighted by atomic mass is 10.0. The first-order valence-corrected chi connectivity index (χ1v) is 8.72. The van der Waals surface area contributed by atoms with Crippen molar-refractivity contribution < 1.29 is 13.5 Å². The van der Waals surface area contributed by atoms with E-state index in [1.165, 1.54) is 31.0 Å². The van der Waals surface area contributed by atoms with Crippen molar-refractivity contribution in [1.29, 1.82) is 0 Å². The Kier molecular flexibility index (Phi) is 5.07. The molecule has 6 heteroatoms. The Labute approximate surface area is 125 Å². The molecule has 0 aromatic heterocycles. The number of nitrogens with one attached hydrogen (secondary N) is 1. The molecule has 0 heterocycles. The Morgan fingerprint density at radius 2 is 2.05 bits per heavy atom. The van der Waals surface area contributed by atoms with Gasteiger partial charge < -0.3 is 5.11 Å². The van der Waals surface area contributed by atoms with Crippen LogP contribution in [0.5, 0.6) is 0 Å². The fourth-order valence-corrected chi connectivity index (χ4v) is 4.25. The number of aliphatic hydroxyl groups is 1. The van der Waals surface area contributed by atoms with Crippen LogP contribution >= 0.6 is 11.6 Å². The molecule has 0 spiro atoms. The summed E-state index contributed by atoms with van der Waals surface area (Å²) in [5.41, 5.74) is 0.420. The van der Waals surface area contributed by atoms with Crippen molar-refractivity contribution in [3.05, 3.63) is 28.8 Å². The van der Waals surface area contributed by atoms with Crippen molar-refractivity contribution in [2.75, 3.05) is 0 Å². The molecule has 2 rings (SSSR count). The maximum Gasteiger partial charge on any atom is 0.240 e. The molecule has 0 saturated heterocycles. The number of benzene rings is 1. The van der Waals surface area contributed by atoms with E-state index in [9.17, 15) is 8.42 Å². The molecule has 0 aliphatic heterocycles. The summed E-state index contributed by atoms with van der Waals surface area (Å²) in [7, 11) is -3.57. The second-order valence-electron chi connectivity index (χ2n) is 5.37. The zero-order valence-corrected chi connectivity index (χ0v) is 13.0. The minimum atomic E-state index is -3.57. The first kappa shape index (κ1) is 15.8. The predicted molar refractivity (Wildman–Crippen MR) is 79.1 cm³/mol. The summed E-state index contributed by atoms with van der Waals surface area (Å²) in [4.78, 5) is 0.149. The number of rotatable bonds is 5. The number of halogens is 1. The lowest BCUT2D eigenvalue weighted by Gasteiger charge is -2.20. The SMILES string of the molecule is CC(NS(=O)(=O)c1ccc(Cl)c(CO)c1)C1CCCC1. The number of sulfonamides is 1. The van der Waals surface area contributed by atoms with Crippen LogP contribution in [0.4, 0.5) is 0 Å². The van der Waals surface area contributed by atoms with Gasteiger partial charge in [-0.25, -0.2) is 13.1 Å². The van der Waals surface area contributed by atoms with Crippen molar-refractivity contribution in [3.63, 3.8) is 0 Å². The maximum absolute atomic E-state index is 12.3. The van der Waals surface area contributed by atoms with Crippen LogP contribution in [-0.2, 0) is 16.6 Å². The Bertz CT molecular complexity index is 568. The van der Waals surface area contributed by atoms with Gasteiger partial charge in [-0.15, -0.1) is 0 Å². The van der Waals surface area contributed by atoms with Crippen LogP contribution in [0, 0.1) is 5.92 Å². The van der Waals surface area contributed by atoms with Crippen LogP contribution in [0.25, 0.3) is 0 Å². The van der Waals surface area contributed by atoms with Crippen LogP contribution in [-0.4, -0.2) is 19.6 Å². The highest BCUT2D eigenvalue weighted by atomic mass is 35.5. The third-order valence-electron chi connectivity index (χ3n) is 3.95. The molecule has 20 heavy (non-hydrogen) atoms. The second kappa shape index (κ2) is 6.43. The monoisotopic (exact) mass is 317 g/mol. The Hall–Kier alpha value is -0.620. The molecule has 4 nitrogen and oxygen atoms in total. The van der Waals surface area contributed by atoms with Gasteiger partial charge in [0.2, 0.25) is 10.0 Å². The fraction of sp³-hybridized carbons (Fsp3) is 0.571. The fourth-order valence-electron chi connectivity index (χ4n) is 2.71. The zero-order chi connectivity index (χ0) is 14.8. The molecule has 0 amide bonds. The largest absolute Gasteiger partial charge is 0.392 e. The summed E-state index contributed by atoms with van der Waals surface area (Å²) in [6.45, 7) is 1.64. The molecule has 1 unspecified atom stereocenters. The summed E-state index contributed by atoms with van der Waals surface area (Å²) >= 11 is 5.88. The second-order valence-corrected chi connectivity index (χ2v) is 7.49. The Balaban J connectivity index is 2.17. The van der Waals surface area contributed by atoms with E-state index in [1.807, 2.05) is 6.92 Å². The molecule has 1 aliphatic rings. The lowest BCUT2D eigenvalue weighted by Crippen LogP contribution is -2.37. The highest BCUT2D eigenvalue weighted by Gasteiger charge is 2.26. The molecule has 1 aromatic carbocycles. The summed E-state index contributed by atoms with van der Waals surface area (Å²) in [6, 6.07) is 4.31. The van der Waals surface area contributed by atoms with Gasteiger partial charge >= 0.3 is 0 Å². The average molecular weight is 318 g/mol. The van der Waals surface area contributed by atoms with E-state index in [0.29, 0.717) is 16.5 Å². The Morgan fingerprint density at radius 3 is 2.65 bits per heavy atom. The zero-order valence-electron chi connectivity index (χ0n) is 11.5. The van der Waals surface area contributed by atoms with Gasteiger partial charge in [-0.3, -0.25) is 0 Å². The van der Waals surface area contributed by atoms with Gasteiger partial charge in [0.1, 0.15) is 0 Å². The highest BCUT2D eigenvalue weighted by Crippen LogP contribution is 2.28. The lowest BCUT2D eigenvalue weighted by molar-refractivity contribution is 0.281. The maximum atomic E-state index is 12.3. The van der Waals surface area contributed by atoms with Crippen molar-refractivity contribution in [3.8, 4) is 0 Å². The van der Waals surface area contributed by atoms with Crippen molar-refractivity contribution in [2.24, 2.45) is 5.92 Å². The molecule has 0 bridgehead atoms. The van der Waals surface area contributed by atoms with E-state index >= 15 is 0 Å². The predicted octanol–water partition coefficient (Wildman–Crippen LogP) is 2.69. The number of aliphatic hydroxyl groups excluding tert-OH is 1. The van der Waals surface area contributed by atoms with Gasteiger partial charge in [-0.2, -0.15) is 0 Å². The smallest absolute Gasteiger partial charge is 0.240 e. The molecule has 1 aromatic rings. The van der Waals surface area contributed by atoms with E-state index in [0.717, 1.165) is 12.8 Å². The van der Waals surface area contributed by atoms with Crippen LogP contribution in [0.2, 0.25) is 5.02 Å². The van der Waals surface area contributed by atoms with Crippen molar-refractivity contribution in [1.82, 2.24) is 4.72 Å². The molecule has 112 valence electrons. The third-order valence-corrected chi connectivity index (χ3v) is 5.87. The number of hydrogen-bond acceptors (Lipinski definition) is 3. The van der Waals surface area contributed by atoms with Crippen LogP contribution < -0.4 is 4.72 Å². The summed E-state index contributed by atoms with van der Waals surface area (Å²) in [5, 5.41) is 9.53. The van der Waals surface area contributed by atoms with Crippen LogP contribution in [0.15, 0.2) is 23.1 Å². The molecule has 1 atom stereocenters. The molecule has 1 saturated carbocycles. The third kappa shape index (κ3) is 3.52. The van der Waals surface area contributed by atoms with Gasteiger partial charge in [-0.05, 0) is 49.4 Å². The molecule has 1 fully saturated rings.